The van der Waals surface area contributed by atoms with E-state index in [2.05, 4.69) is 27.7 Å². The quantitative estimate of drug-likeness (QED) is 0.262. The lowest BCUT2D eigenvalue weighted by Gasteiger charge is -2.60. The number of carbonyl (C=O) groups excluding carboxylic acids is 2. The third kappa shape index (κ3) is 4.94. The predicted molar refractivity (Wildman–Crippen MR) is 134 cm³/mol. The first-order valence-electron chi connectivity index (χ1n) is 14.5. The molecule has 0 N–H and O–H groups in total. The lowest BCUT2D eigenvalue weighted by Crippen LogP contribution is -2.53. The maximum absolute atomic E-state index is 12.1. The van der Waals surface area contributed by atoms with Crippen molar-refractivity contribution in [3.63, 3.8) is 0 Å². The van der Waals surface area contributed by atoms with Gasteiger partial charge in [-0.25, -0.2) is 0 Å². The van der Waals surface area contributed by atoms with Crippen LogP contribution < -0.4 is 0 Å². The summed E-state index contributed by atoms with van der Waals surface area (Å²) < 4.78 is 5.62. The van der Waals surface area contributed by atoms with E-state index in [-0.39, 0.29) is 5.97 Å². The van der Waals surface area contributed by atoms with Gasteiger partial charge in [-0.05, 0) is 104 Å². The van der Waals surface area contributed by atoms with E-state index in [1.54, 1.807) is 0 Å². The molecule has 33 heavy (non-hydrogen) atoms. The van der Waals surface area contributed by atoms with Gasteiger partial charge < -0.3 is 4.74 Å². The molecule has 0 heterocycles. The second-order valence-corrected chi connectivity index (χ2v) is 12.9. The molecule has 0 aromatic rings. The summed E-state index contributed by atoms with van der Waals surface area (Å²) in [5, 5.41) is 0. The molecule has 3 nitrogen and oxygen atoms in total. The second kappa shape index (κ2) is 10.4. The number of Topliss-reactive ketones (excluding diaryl/α,β-unsaturated/α-hetero) is 1. The van der Waals surface area contributed by atoms with Crippen molar-refractivity contribution >= 4 is 11.8 Å². The molecule has 0 spiro atoms. The Morgan fingerprint density at radius 1 is 1.00 bits per heavy atom. The van der Waals surface area contributed by atoms with Crippen LogP contribution in [0.3, 0.4) is 0 Å². The Kier molecular flexibility index (Phi) is 7.96. The molecule has 3 heteroatoms. The zero-order chi connectivity index (χ0) is 23.6. The van der Waals surface area contributed by atoms with Crippen LogP contribution in [-0.4, -0.2) is 18.4 Å². The molecule has 0 bridgehead atoms. The summed E-state index contributed by atoms with van der Waals surface area (Å²) >= 11 is 0. The van der Waals surface area contributed by atoms with Crippen LogP contribution in [0.25, 0.3) is 0 Å². The fourth-order valence-corrected chi connectivity index (χ4v) is 9.35. The summed E-state index contributed by atoms with van der Waals surface area (Å²) in [7, 11) is 0. The van der Waals surface area contributed by atoms with Gasteiger partial charge in [0.2, 0.25) is 0 Å². The molecule has 4 aliphatic carbocycles. The van der Waals surface area contributed by atoms with E-state index in [9.17, 15) is 9.59 Å². The lowest BCUT2D eigenvalue weighted by atomic mass is 9.44. The van der Waals surface area contributed by atoms with Gasteiger partial charge in [0.05, 0.1) is 6.61 Å². The maximum atomic E-state index is 12.1. The summed E-state index contributed by atoms with van der Waals surface area (Å²) in [4.78, 5) is 24.2. The molecule has 0 aromatic heterocycles. The van der Waals surface area contributed by atoms with E-state index in [1.807, 2.05) is 0 Å². The molecule has 188 valence electrons. The molecule has 4 fully saturated rings. The van der Waals surface area contributed by atoms with Crippen LogP contribution in [0.1, 0.15) is 124 Å². The van der Waals surface area contributed by atoms with Crippen LogP contribution in [0, 0.1) is 46.3 Å². The molecule has 0 radical (unpaired) electrons. The van der Waals surface area contributed by atoms with E-state index in [0.29, 0.717) is 41.5 Å². The van der Waals surface area contributed by atoms with Gasteiger partial charge in [0, 0.05) is 19.3 Å². The SMILES string of the molecule is CCCCCCC(=O)OCCC(C)C1CC[C@H]2[C@@H]3CCC4CC(=O)CC[C@]4(C)[C@@H]3CC[C@]12C. The zero-order valence-electron chi connectivity index (χ0n) is 22.0. The minimum atomic E-state index is 0.00490. The van der Waals surface area contributed by atoms with E-state index in [0.717, 1.165) is 62.2 Å². The molecule has 4 rings (SSSR count). The first-order chi connectivity index (χ1) is 15.8. The number of ketones is 1. The molecular weight excluding hydrogens is 408 g/mol. The first kappa shape index (κ1) is 25.2. The third-order valence-electron chi connectivity index (χ3n) is 11.3. The van der Waals surface area contributed by atoms with E-state index >= 15 is 0 Å². The van der Waals surface area contributed by atoms with Crippen LogP contribution >= 0.6 is 0 Å². The van der Waals surface area contributed by atoms with Crippen LogP contribution in [0.5, 0.6) is 0 Å². The topological polar surface area (TPSA) is 43.4 Å². The fourth-order valence-electron chi connectivity index (χ4n) is 9.35. The Labute approximate surface area is 203 Å². The monoisotopic (exact) mass is 458 g/mol. The van der Waals surface area contributed by atoms with Crippen LogP contribution in [-0.2, 0) is 14.3 Å². The highest BCUT2D eigenvalue weighted by atomic mass is 16.5. The van der Waals surface area contributed by atoms with Gasteiger partial charge in [-0.1, -0.05) is 47.0 Å². The fraction of sp³-hybridized carbons (Fsp3) is 0.933. The third-order valence-corrected chi connectivity index (χ3v) is 11.3. The Bertz CT molecular complexity index is 701. The summed E-state index contributed by atoms with van der Waals surface area (Å²) in [5.41, 5.74) is 0.867. The van der Waals surface area contributed by atoms with E-state index in [1.165, 1.54) is 51.4 Å². The number of hydrogen-bond acceptors (Lipinski definition) is 3. The molecular formula is C30H50O3. The highest BCUT2D eigenvalue weighted by Crippen LogP contribution is 2.68. The maximum Gasteiger partial charge on any atom is 0.305 e. The van der Waals surface area contributed by atoms with Gasteiger partial charge in [0.15, 0.2) is 0 Å². The highest BCUT2D eigenvalue weighted by molar-refractivity contribution is 5.79. The summed E-state index contributed by atoms with van der Waals surface area (Å²) in [5.74, 6) is 5.14. The van der Waals surface area contributed by atoms with Gasteiger partial charge in [0.1, 0.15) is 5.78 Å². The number of ether oxygens (including phenoxy) is 1. The van der Waals surface area contributed by atoms with Crippen molar-refractivity contribution in [2.75, 3.05) is 6.61 Å². The van der Waals surface area contributed by atoms with Gasteiger partial charge in [-0.2, -0.15) is 0 Å². The molecule has 8 atom stereocenters. The van der Waals surface area contributed by atoms with Gasteiger partial charge >= 0.3 is 5.97 Å². The van der Waals surface area contributed by atoms with Crippen molar-refractivity contribution in [3.8, 4) is 0 Å². The molecule has 0 aromatic carbocycles. The number of esters is 1. The molecule has 0 saturated heterocycles. The largest absolute Gasteiger partial charge is 0.466 e. The van der Waals surface area contributed by atoms with Gasteiger partial charge in [-0.3, -0.25) is 9.59 Å². The number of fused-ring (bicyclic) bond motifs is 5. The summed E-state index contributed by atoms with van der Waals surface area (Å²) in [6, 6.07) is 0. The zero-order valence-corrected chi connectivity index (χ0v) is 22.0. The minimum Gasteiger partial charge on any atom is -0.466 e. The Balaban J connectivity index is 1.31. The van der Waals surface area contributed by atoms with Crippen molar-refractivity contribution in [3.05, 3.63) is 0 Å². The van der Waals surface area contributed by atoms with Gasteiger partial charge in [0.25, 0.3) is 0 Å². The van der Waals surface area contributed by atoms with Crippen LogP contribution in [0.4, 0.5) is 0 Å². The number of carbonyl (C=O) groups is 2. The summed E-state index contributed by atoms with van der Waals surface area (Å²) in [6.07, 6.45) is 17.1. The minimum absolute atomic E-state index is 0.00490. The van der Waals surface area contributed by atoms with Crippen molar-refractivity contribution < 1.29 is 14.3 Å². The molecule has 3 unspecified atom stereocenters. The Morgan fingerprint density at radius 2 is 1.79 bits per heavy atom. The lowest BCUT2D eigenvalue weighted by molar-refractivity contribution is -0.145. The van der Waals surface area contributed by atoms with Crippen LogP contribution in [0.2, 0.25) is 0 Å². The number of rotatable bonds is 9. The average Bonchev–Trinajstić information content (AvgIpc) is 3.14. The standard InChI is InChI=1S/C30H50O3/c1-5-6-7-8-9-28(32)33-19-16-21(2)25-12-13-26-24-11-10-22-20-23(31)14-17-29(22,3)27(24)15-18-30(25,26)4/h21-22,24-27H,5-20H2,1-4H3/t21?,22?,24-,25?,26-,27+,29-,30+/m0/s1. The molecule has 0 amide bonds. The van der Waals surface area contributed by atoms with Crippen molar-refractivity contribution in [2.24, 2.45) is 46.3 Å². The first-order valence-corrected chi connectivity index (χ1v) is 14.5. The van der Waals surface area contributed by atoms with Crippen molar-refractivity contribution in [1.82, 2.24) is 0 Å². The van der Waals surface area contributed by atoms with Crippen molar-refractivity contribution in [1.29, 1.82) is 0 Å². The van der Waals surface area contributed by atoms with Crippen LogP contribution in [0.15, 0.2) is 0 Å². The molecule has 4 saturated carbocycles. The highest BCUT2D eigenvalue weighted by Gasteiger charge is 2.60. The summed E-state index contributed by atoms with van der Waals surface area (Å²) in [6.45, 7) is 10.4. The average molecular weight is 459 g/mol. The van der Waals surface area contributed by atoms with E-state index in [4.69, 9.17) is 4.74 Å². The molecule has 4 aliphatic rings. The van der Waals surface area contributed by atoms with E-state index < -0.39 is 0 Å². The number of hydrogen-bond donors (Lipinski definition) is 0. The van der Waals surface area contributed by atoms with Gasteiger partial charge in [-0.15, -0.1) is 0 Å². The smallest absolute Gasteiger partial charge is 0.305 e. The Morgan fingerprint density at radius 3 is 2.58 bits per heavy atom. The predicted octanol–water partition coefficient (Wildman–Crippen LogP) is 7.75. The second-order valence-electron chi connectivity index (χ2n) is 12.9. The van der Waals surface area contributed by atoms with Crippen molar-refractivity contribution in [2.45, 2.75) is 124 Å². The number of unbranched alkanes of at least 4 members (excludes halogenated alkanes) is 3. The normalized spacial score (nSPS) is 41.1. The Hall–Kier alpha value is -0.860. The molecule has 0 aliphatic heterocycles.